The number of aromatic carboxylic acids is 1. The number of ketones is 1. The van der Waals surface area contributed by atoms with Crippen LogP contribution in [-0.4, -0.2) is 41.0 Å². The van der Waals surface area contributed by atoms with Gasteiger partial charge in [-0.3, -0.25) is 4.79 Å². The summed E-state index contributed by atoms with van der Waals surface area (Å²) in [5.41, 5.74) is 4.37. The summed E-state index contributed by atoms with van der Waals surface area (Å²) in [5.74, 6) is -1.20. The molecule has 2 heterocycles. The van der Waals surface area contributed by atoms with Crippen molar-refractivity contribution in [2.45, 2.75) is 19.3 Å². The molecule has 8 heteroatoms. The van der Waals surface area contributed by atoms with E-state index in [9.17, 15) is 14.4 Å². The predicted octanol–water partition coefficient (Wildman–Crippen LogP) is 6.46. The number of fused-ring (bicyclic) bond motifs is 1. The van der Waals surface area contributed by atoms with Crippen molar-refractivity contribution < 1.29 is 19.5 Å². The van der Waals surface area contributed by atoms with Gasteiger partial charge in [-0.25, -0.2) is 14.6 Å². The van der Waals surface area contributed by atoms with Crippen LogP contribution in [0.25, 0.3) is 17.0 Å². The van der Waals surface area contributed by atoms with Crippen molar-refractivity contribution in [3.63, 3.8) is 0 Å². The minimum Gasteiger partial charge on any atom is -0.478 e. The number of hydrogen-bond donors (Lipinski definition) is 3. The Bertz CT molecular complexity index is 1540. The molecule has 0 saturated carbocycles. The number of nitrogens with zero attached hydrogens (tertiary/aromatic N) is 2. The first kappa shape index (κ1) is 25.7. The van der Waals surface area contributed by atoms with E-state index in [4.69, 9.17) is 10.1 Å². The number of rotatable bonds is 7. The number of benzene rings is 3. The molecule has 5 rings (SSSR count). The number of pyridine rings is 1. The number of para-hydroxylation sites is 1. The van der Waals surface area contributed by atoms with E-state index >= 15 is 0 Å². The Labute approximate surface area is 226 Å². The number of carbonyl (C=O) groups is 3. The number of carboxylic acid groups (broad SMARTS) is 1. The predicted molar refractivity (Wildman–Crippen MR) is 154 cm³/mol. The number of aromatic nitrogens is 1. The van der Waals surface area contributed by atoms with Gasteiger partial charge in [0, 0.05) is 41.1 Å². The van der Waals surface area contributed by atoms with E-state index in [-0.39, 0.29) is 11.3 Å². The van der Waals surface area contributed by atoms with Gasteiger partial charge in [0.25, 0.3) is 0 Å². The van der Waals surface area contributed by atoms with Crippen LogP contribution in [0.1, 0.15) is 45.7 Å². The molecule has 0 aliphatic carbocycles. The molecule has 39 heavy (non-hydrogen) atoms. The largest absolute Gasteiger partial charge is 0.478 e. The number of carbonyl (C=O) groups excluding carboxylic acids is 2. The van der Waals surface area contributed by atoms with Gasteiger partial charge in [-0.2, -0.15) is 0 Å². The fourth-order valence-corrected chi connectivity index (χ4v) is 4.62. The van der Waals surface area contributed by atoms with Crippen molar-refractivity contribution in [2.24, 2.45) is 0 Å². The highest BCUT2D eigenvalue weighted by molar-refractivity contribution is 6.07. The Morgan fingerprint density at radius 3 is 2.05 bits per heavy atom. The molecule has 3 aromatic carbocycles. The highest BCUT2D eigenvalue weighted by Gasteiger charge is 2.15. The molecule has 8 nitrogen and oxygen atoms in total. The normalized spacial score (nSPS) is 13.4. The van der Waals surface area contributed by atoms with Crippen LogP contribution in [0.2, 0.25) is 0 Å². The third-order valence-electron chi connectivity index (χ3n) is 6.63. The van der Waals surface area contributed by atoms with Crippen molar-refractivity contribution in [3.8, 4) is 0 Å². The maximum absolute atomic E-state index is 12.9. The van der Waals surface area contributed by atoms with Crippen molar-refractivity contribution >= 4 is 51.8 Å². The van der Waals surface area contributed by atoms with Crippen LogP contribution in [0.3, 0.4) is 0 Å². The number of nitrogens with one attached hydrogen (secondary N) is 2. The number of hydrogen-bond acceptors (Lipinski definition) is 5. The molecule has 0 atom stereocenters. The molecule has 4 aromatic rings. The van der Waals surface area contributed by atoms with Gasteiger partial charge in [0.05, 0.1) is 16.8 Å². The van der Waals surface area contributed by atoms with E-state index in [1.807, 2.05) is 18.2 Å². The second-order valence-corrected chi connectivity index (χ2v) is 9.37. The van der Waals surface area contributed by atoms with Crippen LogP contribution in [0.4, 0.5) is 21.9 Å². The molecule has 0 bridgehead atoms. The van der Waals surface area contributed by atoms with Crippen molar-refractivity contribution in [3.05, 3.63) is 102 Å². The van der Waals surface area contributed by atoms with Crippen LogP contribution >= 0.6 is 0 Å². The highest BCUT2D eigenvalue weighted by Crippen LogP contribution is 2.29. The maximum Gasteiger partial charge on any atom is 0.335 e. The minimum absolute atomic E-state index is 0.133. The molecule has 0 unspecified atom stereocenters. The topological polar surface area (TPSA) is 112 Å². The maximum atomic E-state index is 12.9. The van der Waals surface area contributed by atoms with Crippen molar-refractivity contribution in [2.75, 3.05) is 28.6 Å². The van der Waals surface area contributed by atoms with Gasteiger partial charge < -0.3 is 20.6 Å². The number of carboxylic acids is 1. The summed E-state index contributed by atoms with van der Waals surface area (Å²) in [6.45, 7) is 2.04. The number of allylic oxidation sites excluding steroid dienone is 1. The lowest BCUT2D eigenvalue weighted by atomic mass is 10.1. The van der Waals surface area contributed by atoms with Gasteiger partial charge in [0.1, 0.15) is 0 Å². The van der Waals surface area contributed by atoms with Crippen molar-refractivity contribution in [1.29, 1.82) is 0 Å². The third kappa shape index (κ3) is 6.30. The monoisotopic (exact) mass is 520 g/mol. The average Bonchev–Trinajstić information content (AvgIpc) is 2.96. The summed E-state index contributed by atoms with van der Waals surface area (Å²) in [4.78, 5) is 43.2. The molecule has 196 valence electrons. The fraction of sp³-hybridized carbons (Fsp3) is 0.161. The molecule has 1 aliphatic rings. The Balaban J connectivity index is 1.24. The van der Waals surface area contributed by atoms with Gasteiger partial charge in [0.2, 0.25) is 0 Å². The van der Waals surface area contributed by atoms with E-state index in [2.05, 4.69) is 27.7 Å². The first-order valence-electron chi connectivity index (χ1n) is 12.8. The van der Waals surface area contributed by atoms with Gasteiger partial charge in [0.15, 0.2) is 5.78 Å². The summed E-state index contributed by atoms with van der Waals surface area (Å²) < 4.78 is 0. The molecule has 3 N–H and O–H groups in total. The molecule has 0 radical (unpaired) electrons. The zero-order valence-electron chi connectivity index (χ0n) is 21.3. The second kappa shape index (κ2) is 11.6. The van der Waals surface area contributed by atoms with Crippen LogP contribution in [0, 0.1) is 0 Å². The molecule has 0 spiro atoms. The number of piperidine rings is 1. The molecular weight excluding hydrogens is 492 g/mol. The quantitative estimate of drug-likeness (QED) is 0.190. The summed E-state index contributed by atoms with van der Waals surface area (Å²) >= 11 is 0. The van der Waals surface area contributed by atoms with Crippen LogP contribution in [0.5, 0.6) is 0 Å². The smallest absolute Gasteiger partial charge is 0.335 e. The molecule has 1 aliphatic heterocycles. The summed E-state index contributed by atoms with van der Waals surface area (Å²) in [7, 11) is 0. The van der Waals surface area contributed by atoms with Gasteiger partial charge in [-0.1, -0.05) is 18.2 Å². The average molecular weight is 521 g/mol. The minimum atomic E-state index is -1.04. The first-order chi connectivity index (χ1) is 19.0. The fourth-order valence-electron chi connectivity index (χ4n) is 4.62. The van der Waals surface area contributed by atoms with Gasteiger partial charge >= 0.3 is 12.0 Å². The Morgan fingerprint density at radius 2 is 1.41 bits per heavy atom. The van der Waals surface area contributed by atoms with Crippen LogP contribution in [-0.2, 0) is 0 Å². The summed E-state index contributed by atoms with van der Waals surface area (Å²) in [6.07, 6.45) is 6.87. The standard InChI is InChI=1S/C31H28N4O4/c36-29(17-16-25-20-28(35-18-4-1-5-19-35)26-6-2-3-7-27(26)32-25)21-8-12-23(13-9-21)33-31(39)34-24-14-10-22(11-15-24)30(37)38/h2-3,6-17,20H,1,4-5,18-19H2,(H,37,38)(H2,33,34,39). The first-order valence-corrected chi connectivity index (χ1v) is 12.8. The lowest BCUT2D eigenvalue weighted by molar-refractivity contribution is 0.0696. The molecular formula is C31H28N4O4. The highest BCUT2D eigenvalue weighted by atomic mass is 16.4. The van der Waals surface area contributed by atoms with E-state index in [1.165, 1.54) is 49.6 Å². The Morgan fingerprint density at radius 1 is 0.795 bits per heavy atom. The lowest BCUT2D eigenvalue weighted by Crippen LogP contribution is -2.29. The SMILES string of the molecule is O=C(Nc1ccc(C(=O)O)cc1)Nc1ccc(C(=O)C=Cc2cc(N3CCCCC3)c3ccccc3n2)cc1. The zero-order chi connectivity index (χ0) is 27.2. The van der Waals surface area contributed by atoms with Crippen molar-refractivity contribution in [1.82, 2.24) is 4.98 Å². The summed E-state index contributed by atoms with van der Waals surface area (Å²) in [5, 5.41) is 15.4. The van der Waals surface area contributed by atoms with Gasteiger partial charge in [-0.05, 0) is 92.1 Å². The van der Waals surface area contributed by atoms with E-state index in [1.54, 1.807) is 30.3 Å². The van der Waals surface area contributed by atoms with Crippen LogP contribution in [0.15, 0.2) is 84.9 Å². The molecule has 1 fully saturated rings. The number of urea groups is 1. The second-order valence-electron chi connectivity index (χ2n) is 9.37. The third-order valence-corrected chi connectivity index (χ3v) is 6.63. The van der Waals surface area contributed by atoms with E-state index in [0.717, 1.165) is 35.4 Å². The number of amides is 2. The molecule has 2 amide bonds. The molecule has 1 aromatic heterocycles. The van der Waals surface area contributed by atoms with E-state index < -0.39 is 12.0 Å². The number of anilines is 3. The van der Waals surface area contributed by atoms with Crippen LogP contribution < -0.4 is 15.5 Å². The Kier molecular flexibility index (Phi) is 7.63. The van der Waals surface area contributed by atoms with Gasteiger partial charge in [-0.15, -0.1) is 0 Å². The molecule has 1 saturated heterocycles. The van der Waals surface area contributed by atoms with E-state index in [0.29, 0.717) is 16.9 Å². The lowest BCUT2D eigenvalue weighted by Gasteiger charge is -2.30. The zero-order valence-corrected chi connectivity index (χ0v) is 21.3. The Hall–Kier alpha value is -4.98. The summed E-state index contributed by atoms with van der Waals surface area (Å²) in [6, 6.07) is 22.1.